The van der Waals surface area contributed by atoms with Crippen LogP contribution in [0.1, 0.15) is 42.5 Å². The van der Waals surface area contributed by atoms with E-state index in [1.807, 2.05) is 32.3 Å². The van der Waals surface area contributed by atoms with Gasteiger partial charge in [0.15, 0.2) is 0 Å². The van der Waals surface area contributed by atoms with Crippen molar-refractivity contribution in [2.45, 2.75) is 32.1 Å². The number of anilines is 1. The van der Waals surface area contributed by atoms with Gasteiger partial charge in [0.2, 0.25) is 0 Å². The predicted molar refractivity (Wildman–Crippen MR) is 102 cm³/mol. The number of benzene rings is 1. The molecule has 0 bridgehead atoms. The molecule has 2 saturated heterocycles. The van der Waals surface area contributed by atoms with E-state index in [0.29, 0.717) is 5.41 Å². The predicted octanol–water partition coefficient (Wildman–Crippen LogP) is 3.09. The zero-order valence-corrected chi connectivity index (χ0v) is 15.7. The summed E-state index contributed by atoms with van der Waals surface area (Å²) in [7, 11) is 4.04. The van der Waals surface area contributed by atoms with Crippen LogP contribution in [0.4, 0.5) is 5.69 Å². The standard InChI is InChI=1S/C21H31N3O/c1-22(2)19-6-3-5-18(13-19)20(25)24-12-10-21(16-24)9-4-11-23(15-21)14-17-7-8-17/h3,5-6,13,17H,4,7-12,14-16H2,1-2H3/t21-/m0/s1. The molecule has 4 nitrogen and oxygen atoms in total. The van der Waals surface area contributed by atoms with Crippen molar-refractivity contribution in [3.8, 4) is 0 Å². The van der Waals surface area contributed by atoms with E-state index in [-0.39, 0.29) is 5.91 Å². The summed E-state index contributed by atoms with van der Waals surface area (Å²) in [5.74, 6) is 1.17. The summed E-state index contributed by atoms with van der Waals surface area (Å²) in [6.45, 7) is 5.62. The average molecular weight is 341 g/mol. The summed E-state index contributed by atoms with van der Waals surface area (Å²) < 4.78 is 0. The van der Waals surface area contributed by atoms with Crippen molar-refractivity contribution in [1.29, 1.82) is 0 Å². The van der Waals surface area contributed by atoms with E-state index in [1.54, 1.807) is 0 Å². The van der Waals surface area contributed by atoms with Crippen molar-refractivity contribution >= 4 is 11.6 Å². The van der Waals surface area contributed by atoms with Crippen molar-refractivity contribution in [2.75, 3.05) is 51.7 Å². The highest BCUT2D eigenvalue weighted by Crippen LogP contribution is 2.41. The highest BCUT2D eigenvalue weighted by molar-refractivity contribution is 5.95. The molecule has 0 unspecified atom stereocenters. The Labute approximate surface area is 151 Å². The summed E-state index contributed by atoms with van der Waals surface area (Å²) >= 11 is 0. The lowest BCUT2D eigenvalue weighted by atomic mass is 9.79. The summed E-state index contributed by atoms with van der Waals surface area (Å²) in [4.78, 5) is 19.9. The molecule has 1 saturated carbocycles. The Balaban J connectivity index is 1.42. The van der Waals surface area contributed by atoms with Crippen LogP contribution in [0.3, 0.4) is 0 Å². The second-order valence-electron chi connectivity index (χ2n) is 8.70. The molecule has 1 spiro atoms. The van der Waals surface area contributed by atoms with Crippen LogP contribution in [0.2, 0.25) is 0 Å². The van der Waals surface area contributed by atoms with Gasteiger partial charge in [0.05, 0.1) is 0 Å². The monoisotopic (exact) mass is 341 g/mol. The van der Waals surface area contributed by atoms with Crippen LogP contribution in [0.5, 0.6) is 0 Å². The minimum atomic E-state index is 0.208. The topological polar surface area (TPSA) is 26.8 Å². The maximum absolute atomic E-state index is 13.0. The number of amides is 1. The molecule has 0 N–H and O–H groups in total. The number of piperidine rings is 1. The van der Waals surface area contributed by atoms with Crippen molar-refractivity contribution < 1.29 is 4.79 Å². The van der Waals surface area contributed by atoms with Crippen LogP contribution < -0.4 is 4.90 Å². The van der Waals surface area contributed by atoms with Crippen LogP contribution in [0.15, 0.2) is 24.3 Å². The number of rotatable bonds is 4. The molecule has 136 valence electrons. The number of hydrogen-bond acceptors (Lipinski definition) is 3. The number of nitrogens with zero attached hydrogens (tertiary/aromatic N) is 3. The Morgan fingerprint density at radius 1 is 1.20 bits per heavy atom. The second-order valence-corrected chi connectivity index (χ2v) is 8.70. The summed E-state index contributed by atoms with van der Waals surface area (Å²) in [5.41, 5.74) is 2.27. The van der Waals surface area contributed by atoms with Gasteiger partial charge in [0, 0.05) is 56.9 Å². The molecule has 25 heavy (non-hydrogen) atoms. The van der Waals surface area contributed by atoms with Gasteiger partial charge >= 0.3 is 0 Å². The van der Waals surface area contributed by atoms with E-state index >= 15 is 0 Å². The highest BCUT2D eigenvalue weighted by atomic mass is 16.2. The van der Waals surface area contributed by atoms with Crippen molar-refractivity contribution in [1.82, 2.24) is 9.80 Å². The summed E-state index contributed by atoms with van der Waals surface area (Å²) in [6.07, 6.45) is 6.61. The second kappa shape index (κ2) is 6.64. The van der Waals surface area contributed by atoms with Gasteiger partial charge in [-0.2, -0.15) is 0 Å². The van der Waals surface area contributed by atoms with Crippen LogP contribution in [-0.2, 0) is 0 Å². The lowest BCUT2D eigenvalue weighted by Crippen LogP contribution is -2.46. The van der Waals surface area contributed by atoms with E-state index < -0.39 is 0 Å². The quantitative estimate of drug-likeness (QED) is 0.842. The zero-order chi connectivity index (χ0) is 17.4. The number of carbonyl (C=O) groups is 1. The van der Waals surface area contributed by atoms with E-state index in [9.17, 15) is 4.79 Å². The van der Waals surface area contributed by atoms with E-state index in [4.69, 9.17) is 0 Å². The van der Waals surface area contributed by atoms with Gasteiger partial charge < -0.3 is 14.7 Å². The number of carbonyl (C=O) groups excluding carboxylic acids is 1. The molecule has 2 aliphatic heterocycles. The normalized spacial score (nSPS) is 27.0. The first-order valence-corrected chi connectivity index (χ1v) is 9.84. The molecule has 0 aromatic heterocycles. The lowest BCUT2D eigenvalue weighted by molar-refractivity contribution is 0.0681. The average Bonchev–Trinajstić information content (AvgIpc) is 3.34. The van der Waals surface area contributed by atoms with Gasteiger partial charge in [0.25, 0.3) is 5.91 Å². The molecule has 1 amide bonds. The van der Waals surface area contributed by atoms with Crippen LogP contribution >= 0.6 is 0 Å². The minimum Gasteiger partial charge on any atom is -0.378 e. The van der Waals surface area contributed by atoms with Gasteiger partial charge in [-0.25, -0.2) is 0 Å². The largest absolute Gasteiger partial charge is 0.378 e. The molecule has 1 aromatic rings. The molecule has 2 heterocycles. The molecule has 3 aliphatic rings. The highest BCUT2D eigenvalue weighted by Gasteiger charge is 2.43. The molecular weight excluding hydrogens is 310 g/mol. The van der Waals surface area contributed by atoms with Crippen LogP contribution in [0, 0.1) is 11.3 Å². The third-order valence-corrected chi connectivity index (χ3v) is 6.29. The minimum absolute atomic E-state index is 0.208. The van der Waals surface area contributed by atoms with Gasteiger partial charge in [-0.05, 0) is 62.8 Å². The van der Waals surface area contributed by atoms with Crippen LogP contribution in [-0.4, -0.2) is 62.5 Å². The maximum Gasteiger partial charge on any atom is 0.253 e. The number of hydrogen-bond donors (Lipinski definition) is 0. The Morgan fingerprint density at radius 2 is 2.04 bits per heavy atom. The maximum atomic E-state index is 13.0. The summed E-state index contributed by atoms with van der Waals surface area (Å²) in [5, 5.41) is 0. The first kappa shape index (κ1) is 16.9. The zero-order valence-electron chi connectivity index (χ0n) is 15.7. The third-order valence-electron chi connectivity index (χ3n) is 6.29. The molecule has 4 heteroatoms. The molecule has 4 rings (SSSR count). The first-order valence-electron chi connectivity index (χ1n) is 9.84. The fraction of sp³-hybridized carbons (Fsp3) is 0.667. The SMILES string of the molecule is CN(C)c1cccc(C(=O)N2CC[C@]3(CCCN(CC4CC4)C3)C2)c1. The smallest absolute Gasteiger partial charge is 0.253 e. The molecular formula is C21H31N3O. The Morgan fingerprint density at radius 3 is 2.80 bits per heavy atom. The van der Waals surface area contributed by atoms with E-state index in [1.165, 1.54) is 51.7 Å². The van der Waals surface area contributed by atoms with Gasteiger partial charge in [-0.3, -0.25) is 4.79 Å². The van der Waals surface area contributed by atoms with Gasteiger partial charge in [-0.1, -0.05) is 6.07 Å². The van der Waals surface area contributed by atoms with Crippen molar-refractivity contribution in [2.24, 2.45) is 11.3 Å². The van der Waals surface area contributed by atoms with Crippen molar-refractivity contribution in [3.63, 3.8) is 0 Å². The van der Waals surface area contributed by atoms with Crippen LogP contribution in [0.25, 0.3) is 0 Å². The van der Waals surface area contributed by atoms with E-state index in [2.05, 4.69) is 20.8 Å². The van der Waals surface area contributed by atoms with E-state index in [0.717, 1.165) is 30.3 Å². The van der Waals surface area contributed by atoms with Crippen molar-refractivity contribution in [3.05, 3.63) is 29.8 Å². The summed E-state index contributed by atoms with van der Waals surface area (Å²) in [6, 6.07) is 8.03. The Kier molecular flexibility index (Phi) is 4.48. The third kappa shape index (κ3) is 3.69. The Bertz CT molecular complexity index is 640. The fourth-order valence-electron chi connectivity index (χ4n) is 4.67. The number of likely N-dealkylation sites (tertiary alicyclic amines) is 2. The molecule has 0 radical (unpaired) electrons. The molecule has 1 atom stereocenters. The van der Waals surface area contributed by atoms with Gasteiger partial charge in [-0.15, -0.1) is 0 Å². The molecule has 1 aromatic carbocycles. The molecule has 3 fully saturated rings. The fourth-order valence-corrected chi connectivity index (χ4v) is 4.67. The molecule has 1 aliphatic carbocycles. The van der Waals surface area contributed by atoms with Gasteiger partial charge in [0.1, 0.15) is 0 Å². The Hall–Kier alpha value is -1.55. The first-order chi connectivity index (χ1) is 12.0. The lowest BCUT2D eigenvalue weighted by Gasteiger charge is -2.40.